The molecule has 0 amide bonds. The zero-order valence-corrected chi connectivity index (χ0v) is 28.1. The monoisotopic (exact) mass is 650 g/mol. The molecule has 4 nitrogen and oxygen atoms in total. The first-order valence-electron chi connectivity index (χ1n) is 17.2. The lowest BCUT2D eigenvalue weighted by Crippen LogP contribution is -2.14. The van der Waals surface area contributed by atoms with Crippen LogP contribution in [0.5, 0.6) is 0 Å². The quantitative estimate of drug-likeness (QED) is 0.175. The predicted molar refractivity (Wildman–Crippen MR) is 209 cm³/mol. The molecule has 0 unspecified atom stereocenters. The maximum Gasteiger partial charge on any atom is 0.188 e. The molecule has 0 bridgehead atoms. The van der Waals surface area contributed by atoms with Crippen molar-refractivity contribution in [3.05, 3.63) is 174 Å². The Morgan fingerprint density at radius 3 is 1.90 bits per heavy atom. The molecule has 51 heavy (non-hydrogen) atoms. The van der Waals surface area contributed by atoms with E-state index < -0.39 is 0 Å². The molecule has 10 rings (SSSR count). The van der Waals surface area contributed by atoms with Gasteiger partial charge >= 0.3 is 0 Å². The van der Waals surface area contributed by atoms with Gasteiger partial charge in [0.05, 0.1) is 40.3 Å². The van der Waals surface area contributed by atoms with E-state index in [4.69, 9.17) is 6.57 Å². The summed E-state index contributed by atoms with van der Waals surface area (Å²) in [5, 5.41) is 14.1. The van der Waals surface area contributed by atoms with Crippen LogP contribution in [0, 0.1) is 17.9 Å². The summed E-state index contributed by atoms with van der Waals surface area (Å²) in [7, 11) is 0. The number of rotatable bonds is 3. The van der Waals surface area contributed by atoms with Crippen LogP contribution in [0.1, 0.15) is 30.5 Å². The van der Waals surface area contributed by atoms with Gasteiger partial charge in [-0.1, -0.05) is 86.6 Å². The summed E-state index contributed by atoms with van der Waals surface area (Å²) in [6.45, 7) is 12.4. The minimum absolute atomic E-state index is 0.120. The predicted octanol–water partition coefficient (Wildman–Crippen LogP) is 12.3. The molecule has 0 N–H and O–H groups in total. The van der Waals surface area contributed by atoms with Crippen LogP contribution in [0.15, 0.2) is 146 Å². The van der Waals surface area contributed by atoms with Gasteiger partial charge in [0.2, 0.25) is 0 Å². The summed E-state index contributed by atoms with van der Waals surface area (Å²) < 4.78 is 4.65. The Kier molecular flexibility index (Phi) is 6.02. The third-order valence-electron chi connectivity index (χ3n) is 10.9. The fraction of sp³-hybridized carbons (Fsp3) is 0.0638. The van der Waals surface area contributed by atoms with Crippen molar-refractivity contribution < 1.29 is 0 Å². The van der Waals surface area contributed by atoms with E-state index in [9.17, 15) is 5.26 Å². The molecule has 0 fully saturated rings. The minimum atomic E-state index is -0.120. The molecule has 2 aromatic heterocycles. The first-order valence-corrected chi connectivity index (χ1v) is 17.2. The third kappa shape index (κ3) is 4.11. The van der Waals surface area contributed by atoms with Gasteiger partial charge < -0.3 is 9.13 Å². The molecular formula is C47H30N4. The van der Waals surface area contributed by atoms with Crippen molar-refractivity contribution >= 4 is 49.3 Å². The van der Waals surface area contributed by atoms with Crippen LogP contribution in [0.3, 0.4) is 0 Å². The smallest absolute Gasteiger partial charge is 0.188 e. The molecule has 0 spiro atoms. The van der Waals surface area contributed by atoms with Crippen LogP contribution in [0.2, 0.25) is 0 Å². The highest BCUT2D eigenvalue weighted by molar-refractivity contribution is 6.13. The summed E-state index contributed by atoms with van der Waals surface area (Å²) in [6.07, 6.45) is 0. The van der Waals surface area contributed by atoms with Gasteiger partial charge in [0.1, 0.15) is 0 Å². The number of nitrogens with zero attached hydrogens (tertiary/aromatic N) is 4. The van der Waals surface area contributed by atoms with Crippen LogP contribution in [0.25, 0.3) is 82.1 Å². The van der Waals surface area contributed by atoms with Crippen LogP contribution in [-0.2, 0) is 5.41 Å². The van der Waals surface area contributed by atoms with Gasteiger partial charge in [0.15, 0.2) is 5.69 Å². The maximum atomic E-state index is 9.62. The highest BCUT2D eigenvalue weighted by atomic mass is 15.0. The number of hydrogen-bond donors (Lipinski definition) is 0. The van der Waals surface area contributed by atoms with Crippen LogP contribution >= 0.6 is 0 Å². The van der Waals surface area contributed by atoms with Crippen molar-refractivity contribution in [2.75, 3.05) is 0 Å². The number of aromatic nitrogens is 2. The Balaban J connectivity index is 1.17. The highest BCUT2D eigenvalue weighted by Gasteiger charge is 2.36. The lowest BCUT2D eigenvalue weighted by Gasteiger charge is -2.21. The first kappa shape index (κ1) is 29.1. The molecule has 4 heteroatoms. The van der Waals surface area contributed by atoms with Gasteiger partial charge in [-0.3, -0.25) is 0 Å². The summed E-state index contributed by atoms with van der Waals surface area (Å²) >= 11 is 0. The number of benzene rings is 7. The molecule has 0 saturated heterocycles. The van der Waals surface area contributed by atoms with Gasteiger partial charge in [-0.15, -0.1) is 0 Å². The van der Waals surface area contributed by atoms with Crippen molar-refractivity contribution in [2.24, 2.45) is 0 Å². The fourth-order valence-electron chi connectivity index (χ4n) is 8.52. The topological polar surface area (TPSA) is 38.0 Å². The zero-order valence-electron chi connectivity index (χ0n) is 28.1. The molecular weight excluding hydrogens is 621 g/mol. The lowest BCUT2D eigenvalue weighted by molar-refractivity contribution is 0.661. The second-order valence-electron chi connectivity index (χ2n) is 14.0. The molecule has 0 radical (unpaired) electrons. The van der Waals surface area contributed by atoms with E-state index in [0.29, 0.717) is 11.3 Å². The normalized spacial score (nSPS) is 13.0. The van der Waals surface area contributed by atoms with Gasteiger partial charge in [-0.25, -0.2) is 4.85 Å². The Hall–Kier alpha value is -6.88. The largest absolute Gasteiger partial charge is 0.309 e. The molecule has 7 aromatic carbocycles. The third-order valence-corrected chi connectivity index (χ3v) is 10.9. The van der Waals surface area contributed by atoms with Gasteiger partial charge in [-0.05, 0) is 112 Å². The number of hydrogen-bond acceptors (Lipinski definition) is 1. The SMILES string of the molecule is [C-]#[N+]c1ccc2c(c1)c1cc3c(cc1n2-c1cccc(-c2cccc(-n4c5ccccc5c5cc(C#N)ccc54)c2)c1)-c1ccccc1C3(C)C. The molecule has 2 heterocycles. The van der Waals surface area contributed by atoms with E-state index in [1.54, 1.807) is 0 Å². The zero-order chi connectivity index (χ0) is 34.4. The van der Waals surface area contributed by atoms with Gasteiger partial charge in [0, 0.05) is 32.9 Å². The maximum absolute atomic E-state index is 9.62. The molecule has 0 saturated carbocycles. The summed E-state index contributed by atoms with van der Waals surface area (Å²) in [5.74, 6) is 0. The molecule has 0 aliphatic heterocycles. The fourth-order valence-corrected chi connectivity index (χ4v) is 8.52. The van der Waals surface area contributed by atoms with E-state index in [2.05, 4.69) is 155 Å². The summed E-state index contributed by atoms with van der Waals surface area (Å²) in [6, 6.07) is 53.7. The lowest BCUT2D eigenvalue weighted by atomic mass is 9.82. The van der Waals surface area contributed by atoms with Crippen molar-refractivity contribution in [1.29, 1.82) is 5.26 Å². The van der Waals surface area contributed by atoms with Crippen LogP contribution in [-0.4, -0.2) is 9.13 Å². The Labute approximate surface area is 295 Å². The molecule has 1 aliphatic carbocycles. The van der Waals surface area contributed by atoms with E-state index in [1.807, 2.05) is 24.3 Å². The van der Waals surface area contributed by atoms with Crippen LogP contribution in [0.4, 0.5) is 5.69 Å². The standard InChI is InChI=1S/C47H30N4/c1-47(2)41-16-6-4-14-35(41)37-27-46-40(26-42(37)47)39-25-32(49-3)19-21-45(39)51(46)34-13-9-11-31(24-34)30-10-8-12-33(23-30)50-43-17-7-5-15-36(43)38-22-29(28-48)18-20-44(38)50/h4-27H,1-2H3. The number of nitriles is 1. The van der Waals surface area contributed by atoms with E-state index in [-0.39, 0.29) is 5.41 Å². The molecule has 238 valence electrons. The molecule has 0 atom stereocenters. The Bertz CT molecular complexity index is 3030. The second-order valence-corrected chi connectivity index (χ2v) is 14.0. The Morgan fingerprint density at radius 2 is 1.16 bits per heavy atom. The highest BCUT2D eigenvalue weighted by Crippen LogP contribution is 2.51. The number of fused-ring (bicyclic) bond motifs is 9. The van der Waals surface area contributed by atoms with E-state index >= 15 is 0 Å². The summed E-state index contributed by atoms with van der Waals surface area (Å²) in [4.78, 5) is 3.80. The minimum Gasteiger partial charge on any atom is -0.309 e. The molecule has 9 aromatic rings. The average Bonchev–Trinajstić information content (AvgIpc) is 3.76. The first-order chi connectivity index (χ1) is 24.9. The number of para-hydroxylation sites is 1. The van der Waals surface area contributed by atoms with E-state index in [1.165, 1.54) is 22.3 Å². The van der Waals surface area contributed by atoms with Crippen LogP contribution < -0.4 is 0 Å². The van der Waals surface area contributed by atoms with Crippen molar-refractivity contribution in [2.45, 2.75) is 19.3 Å². The molecule has 1 aliphatic rings. The van der Waals surface area contributed by atoms with Crippen molar-refractivity contribution in [3.63, 3.8) is 0 Å². The Morgan fingerprint density at radius 1 is 0.529 bits per heavy atom. The van der Waals surface area contributed by atoms with Crippen molar-refractivity contribution in [1.82, 2.24) is 9.13 Å². The van der Waals surface area contributed by atoms with Gasteiger partial charge in [0.25, 0.3) is 0 Å². The van der Waals surface area contributed by atoms with E-state index in [0.717, 1.165) is 66.1 Å². The van der Waals surface area contributed by atoms with Crippen molar-refractivity contribution in [3.8, 4) is 39.7 Å². The second kappa shape index (κ2) is 10.6. The summed E-state index contributed by atoms with van der Waals surface area (Å²) in [5.41, 5.74) is 15.2. The van der Waals surface area contributed by atoms with Gasteiger partial charge in [-0.2, -0.15) is 5.26 Å². The average molecular weight is 651 g/mol.